The van der Waals surface area contributed by atoms with Gasteiger partial charge in [-0.1, -0.05) is 18.2 Å². The molecule has 2 heterocycles. The fourth-order valence-electron chi connectivity index (χ4n) is 4.59. The maximum Gasteiger partial charge on any atom is 0.416 e. The number of alkyl halides is 6. The molecule has 0 spiro atoms. The summed E-state index contributed by atoms with van der Waals surface area (Å²) in [5.41, 5.74) is -3.00. The zero-order chi connectivity index (χ0) is 26.4. The summed E-state index contributed by atoms with van der Waals surface area (Å²) in [7, 11) is 2.76. The number of hydrogen-bond acceptors (Lipinski definition) is 3. The lowest BCUT2D eigenvalue weighted by molar-refractivity contribution is -0.143. The van der Waals surface area contributed by atoms with Crippen molar-refractivity contribution in [2.75, 3.05) is 25.0 Å². The third-order valence-electron chi connectivity index (χ3n) is 6.33. The molecule has 1 saturated heterocycles. The van der Waals surface area contributed by atoms with E-state index >= 15 is 0 Å². The van der Waals surface area contributed by atoms with E-state index in [1.54, 1.807) is 24.3 Å². The van der Waals surface area contributed by atoms with Gasteiger partial charge in [-0.2, -0.15) is 26.3 Å². The van der Waals surface area contributed by atoms with Crippen LogP contribution in [0.5, 0.6) is 0 Å². The van der Waals surface area contributed by atoms with Gasteiger partial charge in [0.2, 0.25) is 0 Å². The van der Waals surface area contributed by atoms with Gasteiger partial charge in [-0.3, -0.25) is 9.59 Å². The molecule has 4 rings (SSSR count). The zero-order valence-corrected chi connectivity index (χ0v) is 19.5. The fraction of sp³-hybridized carbons (Fsp3) is 0.360. The van der Waals surface area contributed by atoms with Crippen molar-refractivity contribution in [1.29, 1.82) is 0 Å². The van der Waals surface area contributed by atoms with Crippen LogP contribution in [0.3, 0.4) is 0 Å². The Morgan fingerprint density at radius 2 is 1.50 bits per heavy atom. The van der Waals surface area contributed by atoms with Crippen LogP contribution in [-0.4, -0.2) is 35.5 Å². The average Bonchev–Trinajstić information content (AvgIpc) is 3.34. The first-order valence-corrected chi connectivity index (χ1v) is 11.2. The topological polar surface area (TPSA) is 45.6 Å². The number of nitrogens with zero attached hydrogens (tertiary/aromatic N) is 3. The second-order valence-electron chi connectivity index (χ2n) is 8.87. The van der Waals surface area contributed by atoms with Gasteiger partial charge in [0.25, 0.3) is 11.5 Å². The van der Waals surface area contributed by atoms with E-state index in [0.29, 0.717) is 41.8 Å². The summed E-state index contributed by atoms with van der Waals surface area (Å²) in [6.07, 6.45) is -8.29. The molecule has 11 heteroatoms. The van der Waals surface area contributed by atoms with Crippen LogP contribution in [0, 0.1) is 0 Å². The van der Waals surface area contributed by atoms with Crippen LogP contribution in [-0.2, 0) is 25.9 Å². The van der Waals surface area contributed by atoms with E-state index in [9.17, 15) is 35.9 Å². The molecule has 0 radical (unpaired) electrons. The van der Waals surface area contributed by atoms with Crippen molar-refractivity contribution in [3.8, 4) is 0 Å². The minimum atomic E-state index is -5.00. The van der Waals surface area contributed by atoms with Crippen LogP contribution in [0.25, 0.3) is 10.9 Å². The van der Waals surface area contributed by atoms with Crippen LogP contribution in [0.2, 0.25) is 0 Å². The maximum absolute atomic E-state index is 13.5. The van der Waals surface area contributed by atoms with Crippen LogP contribution in [0.4, 0.5) is 32.0 Å². The summed E-state index contributed by atoms with van der Waals surface area (Å²) >= 11 is 0. The van der Waals surface area contributed by atoms with Crippen molar-refractivity contribution in [3.05, 3.63) is 75.1 Å². The highest BCUT2D eigenvalue weighted by atomic mass is 19.4. The molecule has 192 valence electrons. The van der Waals surface area contributed by atoms with Crippen LogP contribution < -0.4 is 10.5 Å². The Bertz CT molecular complexity index is 1340. The second kappa shape index (κ2) is 9.18. The summed E-state index contributed by atoms with van der Waals surface area (Å²) < 4.78 is 80.9. The quantitative estimate of drug-likeness (QED) is 0.438. The summed E-state index contributed by atoms with van der Waals surface area (Å²) in [6, 6.07) is 8.26. The number of fused-ring (bicyclic) bond motifs is 1. The molecule has 1 fully saturated rings. The number of anilines is 1. The van der Waals surface area contributed by atoms with Crippen LogP contribution >= 0.6 is 0 Å². The van der Waals surface area contributed by atoms with E-state index in [2.05, 4.69) is 0 Å². The third kappa shape index (κ3) is 4.78. The SMILES string of the molecule is CN(Cc1cc(C(F)(F)F)cc(C(F)(F)F)c1)C(=O)c1c(N2CCCC2)c2ccccc2n(C)c1=O. The number of halogens is 6. The van der Waals surface area contributed by atoms with Gasteiger partial charge in [0.1, 0.15) is 5.56 Å². The standard InChI is InChI=1S/C25H23F6N3O2/c1-32(14-15-11-16(24(26,27)28)13-17(12-15)25(29,30)31)22(35)20-21(34-9-5-6-10-34)18-7-3-4-8-19(18)33(2)23(20)36/h3-4,7-8,11-13H,5-6,9-10,14H2,1-2H3. The Balaban J connectivity index is 1.80. The first kappa shape index (κ1) is 25.6. The van der Waals surface area contributed by atoms with E-state index in [1.807, 2.05) is 4.90 Å². The van der Waals surface area contributed by atoms with Crippen LogP contribution in [0.1, 0.15) is 39.9 Å². The molecule has 1 aliphatic heterocycles. The van der Waals surface area contributed by atoms with Gasteiger partial charge >= 0.3 is 12.4 Å². The van der Waals surface area contributed by atoms with Crippen LogP contribution in [0.15, 0.2) is 47.3 Å². The lowest BCUT2D eigenvalue weighted by Crippen LogP contribution is -2.37. The minimum Gasteiger partial charge on any atom is -0.370 e. The highest BCUT2D eigenvalue weighted by Crippen LogP contribution is 2.37. The van der Waals surface area contributed by atoms with Gasteiger partial charge in [0.15, 0.2) is 0 Å². The fourth-order valence-corrected chi connectivity index (χ4v) is 4.59. The van der Waals surface area contributed by atoms with E-state index in [-0.39, 0.29) is 17.2 Å². The second-order valence-corrected chi connectivity index (χ2v) is 8.87. The van der Waals surface area contributed by atoms with Gasteiger partial charge < -0.3 is 14.4 Å². The summed E-state index contributed by atoms with van der Waals surface area (Å²) in [5, 5.41) is 0.664. The Morgan fingerprint density at radius 1 is 0.944 bits per heavy atom. The third-order valence-corrected chi connectivity index (χ3v) is 6.33. The molecule has 0 bridgehead atoms. The molecule has 2 aromatic carbocycles. The Kier molecular flexibility index (Phi) is 6.52. The summed E-state index contributed by atoms with van der Waals surface area (Å²) in [4.78, 5) is 29.8. The Hall–Kier alpha value is -3.50. The molecule has 0 aliphatic carbocycles. The number of carbonyl (C=O) groups is 1. The molecule has 5 nitrogen and oxygen atoms in total. The molecule has 0 atom stereocenters. The zero-order valence-electron chi connectivity index (χ0n) is 19.5. The normalized spacial score (nSPS) is 14.5. The average molecular weight is 511 g/mol. The molecular weight excluding hydrogens is 488 g/mol. The Labute approximate surface area is 202 Å². The number of para-hydroxylation sites is 1. The van der Waals surface area contributed by atoms with Crippen molar-refractivity contribution in [2.45, 2.75) is 31.7 Å². The highest BCUT2D eigenvalue weighted by Gasteiger charge is 2.37. The molecular formula is C25H23F6N3O2. The number of benzene rings is 2. The lowest BCUT2D eigenvalue weighted by atomic mass is 10.0. The monoisotopic (exact) mass is 511 g/mol. The number of rotatable bonds is 4. The van der Waals surface area contributed by atoms with E-state index in [1.165, 1.54) is 18.7 Å². The van der Waals surface area contributed by atoms with Crippen molar-refractivity contribution >= 4 is 22.5 Å². The molecule has 1 amide bonds. The Morgan fingerprint density at radius 3 is 2.06 bits per heavy atom. The van der Waals surface area contributed by atoms with Crippen molar-refractivity contribution in [2.24, 2.45) is 7.05 Å². The van der Waals surface area contributed by atoms with Gasteiger partial charge in [0.05, 0.1) is 22.3 Å². The van der Waals surface area contributed by atoms with Crippen molar-refractivity contribution in [3.63, 3.8) is 0 Å². The van der Waals surface area contributed by atoms with E-state index in [0.717, 1.165) is 17.7 Å². The highest BCUT2D eigenvalue weighted by molar-refractivity contribution is 6.07. The molecule has 1 aromatic heterocycles. The van der Waals surface area contributed by atoms with Gasteiger partial charge in [-0.15, -0.1) is 0 Å². The first-order chi connectivity index (χ1) is 16.8. The smallest absolute Gasteiger partial charge is 0.370 e. The van der Waals surface area contributed by atoms with E-state index in [4.69, 9.17) is 0 Å². The first-order valence-electron chi connectivity index (χ1n) is 11.2. The molecule has 3 aromatic rings. The lowest BCUT2D eigenvalue weighted by Gasteiger charge is -2.26. The van der Waals surface area contributed by atoms with Gasteiger partial charge in [-0.05, 0) is 42.7 Å². The molecule has 1 aliphatic rings. The molecule has 0 unspecified atom stereocenters. The number of aryl methyl sites for hydroxylation is 1. The number of carbonyl (C=O) groups excluding carboxylic acids is 1. The minimum absolute atomic E-state index is 0.0376. The number of hydrogen-bond donors (Lipinski definition) is 0. The molecule has 36 heavy (non-hydrogen) atoms. The van der Waals surface area contributed by atoms with Gasteiger partial charge in [0, 0.05) is 39.1 Å². The number of pyridine rings is 1. The van der Waals surface area contributed by atoms with Crippen molar-refractivity contribution in [1.82, 2.24) is 9.47 Å². The largest absolute Gasteiger partial charge is 0.416 e. The summed E-state index contributed by atoms with van der Waals surface area (Å²) in [6.45, 7) is 0.675. The predicted octanol–water partition coefficient (Wildman–Crippen LogP) is 5.45. The number of aromatic nitrogens is 1. The predicted molar refractivity (Wildman–Crippen MR) is 123 cm³/mol. The molecule has 0 saturated carbocycles. The maximum atomic E-state index is 13.5. The molecule has 0 N–H and O–H groups in total. The number of amides is 1. The summed E-state index contributed by atoms with van der Waals surface area (Å²) in [5.74, 6) is -0.783. The van der Waals surface area contributed by atoms with E-state index < -0.39 is 41.5 Å². The van der Waals surface area contributed by atoms with Gasteiger partial charge in [-0.25, -0.2) is 0 Å². The van der Waals surface area contributed by atoms with Crippen molar-refractivity contribution < 1.29 is 31.1 Å².